The lowest BCUT2D eigenvalue weighted by atomic mass is 9.99. The van der Waals surface area contributed by atoms with Crippen LogP contribution in [0, 0.1) is 0 Å². The number of carbonyl (C=O) groups is 1. The molecule has 0 amide bonds. The highest BCUT2D eigenvalue weighted by Crippen LogP contribution is 2.25. The second-order valence-corrected chi connectivity index (χ2v) is 6.25. The Balaban J connectivity index is 2.75. The lowest BCUT2D eigenvalue weighted by Crippen LogP contribution is -2.55. The van der Waals surface area contributed by atoms with Gasteiger partial charge < -0.3 is 9.47 Å². The first-order valence-corrected chi connectivity index (χ1v) is 7.39. The molecular weight excluding hydrogens is 246 g/mol. The summed E-state index contributed by atoms with van der Waals surface area (Å²) in [6.45, 7) is 2.78. The smallest absolute Gasteiger partial charge is 0.327 e. The van der Waals surface area contributed by atoms with E-state index in [1.807, 2.05) is 0 Å². The van der Waals surface area contributed by atoms with E-state index in [2.05, 4.69) is 5.32 Å². The zero-order valence-electron chi connectivity index (χ0n) is 10.2. The average molecular weight is 265 g/mol. The number of carbonyl (C=O) groups excluding carboxylic acids is 1. The number of esters is 1. The molecular formula is C10H19NO5S. The van der Waals surface area contributed by atoms with Crippen LogP contribution in [0.1, 0.15) is 13.3 Å². The zero-order chi connectivity index (χ0) is 12.9. The maximum absolute atomic E-state index is 11.9. The van der Waals surface area contributed by atoms with Gasteiger partial charge in [-0.3, -0.25) is 10.1 Å². The fourth-order valence-electron chi connectivity index (χ4n) is 1.88. The predicted octanol–water partition coefficient (Wildman–Crippen LogP) is -0.657. The minimum Gasteiger partial charge on any atom is -0.465 e. The van der Waals surface area contributed by atoms with Crippen LogP contribution < -0.4 is 5.32 Å². The van der Waals surface area contributed by atoms with Gasteiger partial charge in [0.1, 0.15) is 5.54 Å². The van der Waals surface area contributed by atoms with Gasteiger partial charge in [0, 0.05) is 13.7 Å². The Labute approximate surface area is 102 Å². The Morgan fingerprint density at radius 2 is 2.18 bits per heavy atom. The second-order valence-electron chi connectivity index (χ2n) is 4.06. The molecule has 1 unspecified atom stereocenters. The van der Waals surface area contributed by atoms with Gasteiger partial charge in [-0.05, 0) is 13.3 Å². The molecule has 1 rings (SSSR count). The minimum absolute atomic E-state index is 0.0196. The van der Waals surface area contributed by atoms with Gasteiger partial charge in [-0.25, -0.2) is 8.42 Å². The molecule has 1 saturated heterocycles. The summed E-state index contributed by atoms with van der Waals surface area (Å²) in [5.41, 5.74) is -1.09. The SMILES string of the molecule is CCOC(=O)C1(NCCOC)CCS(=O)(=O)C1. The monoisotopic (exact) mass is 265 g/mol. The molecule has 0 aromatic carbocycles. The zero-order valence-corrected chi connectivity index (χ0v) is 11.0. The highest BCUT2D eigenvalue weighted by atomic mass is 32.2. The second kappa shape index (κ2) is 5.79. The molecule has 17 heavy (non-hydrogen) atoms. The molecule has 0 saturated carbocycles. The summed E-state index contributed by atoms with van der Waals surface area (Å²) in [4.78, 5) is 11.9. The molecule has 1 aliphatic heterocycles. The molecule has 100 valence electrons. The lowest BCUT2D eigenvalue weighted by Gasteiger charge is -2.26. The van der Waals surface area contributed by atoms with Crippen LogP contribution in [0.15, 0.2) is 0 Å². The third-order valence-corrected chi connectivity index (χ3v) is 4.50. The van der Waals surface area contributed by atoms with Crippen molar-refractivity contribution in [2.75, 3.05) is 38.4 Å². The van der Waals surface area contributed by atoms with Crippen LogP contribution in [-0.2, 0) is 24.1 Å². The fraction of sp³-hybridized carbons (Fsp3) is 0.900. The van der Waals surface area contributed by atoms with Gasteiger partial charge >= 0.3 is 5.97 Å². The molecule has 1 atom stereocenters. The largest absolute Gasteiger partial charge is 0.465 e. The molecule has 1 aliphatic rings. The summed E-state index contributed by atoms with van der Waals surface area (Å²) in [6.07, 6.45) is 0.262. The number of hydrogen-bond acceptors (Lipinski definition) is 6. The van der Waals surface area contributed by atoms with E-state index in [0.717, 1.165) is 0 Å². The first-order chi connectivity index (χ1) is 7.96. The van der Waals surface area contributed by atoms with E-state index in [4.69, 9.17) is 9.47 Å². The normalized spacial score (nSPS) is 26.9. The van der Waals surface area contributed by atoms with E-state index in [1.165, 1.54) is 0 Å². The molecule has 0 radical (unpaired) electrons. The molecule has 6 nitrogen and oxygen atoms in total. The van der Waals surface area contributed by atoms with Crippen molar-refractivity contribution in [2.24, 2.45) is 0 Å². The number of methoxy groups -OCH3 is 1. The van der Waals surface area contributed by atoms with Gasteiger partial charge in [-0.1, -0.05) is 0 Å². The van der Waals surface area contributed by atoms with Crippen molar-refractivity contribution in [3.05, 3.63) is 0 Å². The minimum atomic E-state index is -3.16. The molecule has 7 heteroatoms. The third kappa shape index (κ3) is 3.65. The van der Waals surface area contributed by atoms with Crippen LogP contribution >= 0.6 is 0 Å². The van der Waals surface area contributed by atoms with Gasteiger partial charge in [-0.15, -0.1) is 0 Å². The Morgan fingerprint density at radius 1 is 1.47 bits per heavy atom. The molecule has 0 aliphatic carbocycles. The Hall–Kier alpha value is -0.660. The van der Waals surface area contributed by atoms with E-state index in [9.17, 15) is 13.2 Å². The quantitative estimate of drug-likeness (QED) is 0.507. The molecule has 0 spiro atoms. The number of hydrogen-bond donors (Lipinski definition) is 1. The van der Waals surface area contributed by atoms with Crippen molar-refractivity contribution < 1.29 is 22.7 Å². The lowest BCUT2D eigenvalue weighted by molar-refractivity contribution is -0.150. The van der Waals surface area contributed by atoms with Crippen molar-refractivity contribution in [3.8, 4) is 0 Å². The van der Waals surface area contributed by atoms with Crippen LogP contribution in [0.25, 0.3) is 0 Å². The van der Waals surface area contributed by atoms with E-state index >= 15 is 0 Å². The summed E-state index contributed by atoms with van der Waals surface area (Å²) in [7, 11) is -1.61. The molecule has 1 fully saturated rings. The van der Waals surface area contributed by atoms with Gasteiger partial charge in [0.05, 0.1) is 24.7 Å². The summed E-state index contributed by atoms with van der Waals surface area (Å²) in [5, 5.41) is 2.96. The Kier molecular flexibility index (Phi) is 4.91. The molecule has 0 aromatic heterocycles. The van der Waals surface area contributed by atoms with E-state index in [-0.39, 0.29) is 24.5 Å². The standard InChI is InChI=1S/C10H19NO5S/c1-3-16-9(12)10(11-5-6-15-2)4-7-17(13,14)8-10/h11H,3-8H2,1-2H3. The highest BCUT2D eigenvalue weighted by molar-refractivity contribution is 7.91. The average Bonchev–Trinajstić information content (AvgIpc) is 2.57. The highest BCUT2D eigenvalue weighted by Gasteiger charge is 2.48. The van der Waals surface area contributed by atoms with Crippen molar-refractivity contribution in [1.29, 1.82) is 0 Å². The summed E-state index contributed by atoms with van der Waals surface area (Å²) < 4.78 is 32.8. The van der Waals surface area contributed by atoms with Crippen molar-refractivity contribution >= 4 is 15.8 Å². The fourth-order valence-corrected chi connectivity index (χ4v) is 3.80. The number of nitrogens with one attached hydrogen (secondary N) is 1. The summed E-state index contributed by atoms with van der Waals surface area (Å²) in [5.74, 6) is -0.661. The number of sulfone groups is 1. The molecule has 1 N–H and O–H groups in total. The van der Waals surface area contributed by atoms with Crippen LogP contribution in [0.3, 0.4) is 0 Å². The van der Waals surface area contributed by atoms with Gasteiger partial charge in [0.15, 0.2) is 9.84 Å². The maximum Gasteiger partial charge on any atom is 0.327 e. The third-order valence-electron chi connectivity index (χ3n) is 2.74. The first-order valence-electron chi connectivity index (χ1n) is 5.57. The van der Waals surface area contributed by atoms with Crippen LogP contribution in [-0.4, -0.2) is 58.3 Å². The predicted molar refractivity (Wildman–Crippen MR) is 62.5 cm³/mol. The van der Waals surface area contributed by atoms with Crippen LogP contribution in [0.5, 0.6) is 0 Å². The number of ether oxygens (including phenoxy) is 2. The molecule has 0 aromatic rings. The Morgan fingerprint density at radius 3 is 2.65 bits per heavy atom. The van der Waals surface area contributed by atoms with Crippen molar-refractivity contribution in [1.82, 2.24) is 5.32 Å². The first kappa shape index (κ1) is 14.4. The molecule has 0 bridgehead atoms. The van der Waals surface area contributed by atoms with E-state index in [0.29, 0.717) is 13.2 Å². The maximum atomic E-state index is 11.9. The topological polar surface area (TPSA) is 81.7 Å². The Bertz CT molecular complexity index is 367. The number of rotatable bonds is 6. The van der Waals surface area contributed by atoms with Crippen LogP contribution in [0.2, 0.25) is 0 Å². The van der Waals surface area contributed by atoms with Crippen molar-refractivity contribution in [2.45, 2.75) is 18.9 Å². The van der Waals surface area contributed by atoms with E-state index in [1.54, 1.807) is 14.0 Å². The van der Waals surface area contributed by atoms with Gasteiger partial charge in [-0.2, -0.15) is 0 Å². The van der Waals surface area contributed by atoms with Gasteiger partial charge in [0.25, 0.3) is 0 Å². The van der Waals surface area contributed by atoms with Crippen LogP contribution in [0.4, 0.5) is 0 Å². The summed E-state index contributed by atoms with van der Waals surface area (Å²) >= 11 is 0. The summed E-state index contributed by atoms with van der Waals surface area (Å²) in [6, 6.07) is 0. The van der Waals surface area contributed by atoms with Crippen molar-refractivity contribution in [3.63, 3.8) is 0 Å². The molecule has 1 heterocycles. The van der Waals surface area contributed by atoms with E-state index < -0.39 is 21.3 Å². The van der Waals surface area contributed by atoms with Gasteiger partial charge in [0.2, 0.25) is 0 Å².